The van der Waals surface area contributed by atoms with Gasteiger partial charge in [-0.05, 0) is 19.3 Å². The molecule has 0 amide bonds. The number of Topliss-reactive ketones (excluding diaryl/α,β-unsaturated/α-hetero) is 1. The van der Waals surface area contributed by atoms with Crippen LogP contribution in [0.3, 0.4) is 0 Å². The quantitative estimate of drug-likeness (QED) is 0.639. The van der Waals surface area contributed by atoms with Gasteiger partial charge in [0.1, 0.15) is 0 Å². The summed E-state index contributed by atoms with van der Waals surface area (Å²) in [6.07, 6.45) is -2.44. The molecule has 5 heteroatoms. The second-order valence-electron chi connectivity index (χ2n) is 2.80. The molecule has 0 bridgehead atoms. The number of hydrogen-bond acceptors (Lipinski definition) is 2. The zero-order valence-corrected chi connectivity index (χ0v) is 6.86. The van der Waals surface area contributed by atoms with E-state index in [1.807, 2.05) is 0 Å². The Labute approximate surface area is 73.4 Å². The molecule has 0 aromatic carbocycles. The molecule has 13 heavy (non-hydrogen) atoms. The number of hydrogen-bond donors (Lipinski definition) is 0. The smallest absolute Gasteiger partial charge is 0.454 e. The fraction of sp³-hybridized carbons (Fsp3) is 0.625. The maximum Gasteiger partial charge on any atom is 0.454 e. The maximum atomic E-state index is 11.9. The number of carbonyl (C=O) groups is 1. The Morgan fingerprint density at radius 1 is 1.38 bits per heavy atom. The van der Waals surface area contributed by atoms with E-state index in [9.17, 15) is 18.0 Å². The minimum atomic E-state index is -4.78. The van der Waals surface area contributed by atoms with Crippen molar-refractivity contribution in [3.8, 4) is 0 Å². The van der Waals surface area contributed by atoms with Crippen LogP contribution in [0.5, 0.6) is 0 Å². The molecule has 1 heterocycles. The largest absolute Gasteiger partial charge is 0.501 e. The molecule has 74 valence electrons. The molecule has 0 aliphatic carbocycles. The first-order valence-electron chi connectivity index (χ1n) is 3.94. The van der Waals surface area contributed by atoms with Crippen molar-refractivity contribution in [2.75, 3.05) is 6.61 Å². The van der Waals surface area contributed by atoms with Crippen molar-refractivity contribution >= 4 is 5.78 Å². The van der Waals surface area contributed by atoms with E-state index in [4.69, 9.17) is 4.74 Å². The van der Waals surface area contributed by atoms with E-state index in [0.717, 1.165) is 6.26 Å². The highest BCUT2D eigenvalue weighted by molar-refractivity contribution is 5.99. The lowest BCUT2D eigenvalue weighted by atomic mass is 10.1. The Morgan fingerprint density at radius 3 is 2.69 bits per heavy atom. The lowest BCUT2D eigenvalue weighted by Gasteiger charge is -2.06. The molecule has 1 rings (SSSR count). The molecule has 0 unspecified atom stereocenters. The highest BCUT2D eigenvalue weighted by atomic mass is 19.4. The van der Waals surface area contributed by atoms with E-state index in [2.05, 4.69) is 0 Å². The van der Waals surface area contributed by atoms with Crippen LogP contribution in [0.1, 0.15) is 19.3 Å². The van der Waals surface area contributed by atoms with Crippen molar-refractivity contribution in [3.05, 3.63) is 11.8 Å². The lowest BCUT2D eigenvalue weighted by Crippen LogP contribution is -2.24. The minimum absolute atomic E-state index is 0.151. The molecule has 0 aromatic rings. The molecular formula is C8H9F3O2. The Morgan fingerprint density at radius 2 is 2.08 bits per heavy atom. The summed E-state index contributed by atoms with van der Waals surface area (Å²) in [5.74, 6) is -1.78. The number of ether oxygens (including phenoxy) is 1. The summed E-state index contributed by atoms with van der Waals surface area (Å²) in [7, 11) is 0. The van der Waals surface area contributed by atoms with Gasteiger partial charge in [0, 0.05) is 5.57 Å². The minimum Gasteiger partial charge on any atom is -0.501 e. The molecule has 0 atom stereocenters. The third kappa shape index (κ3) is 2.75. The summed E-state index contributed by atoms with van der Waals surface area (Å²) in [4.78, 5) is 10.7. The predicted molar refractivity (Wildman–Crippen MR) is 38.9 cm³/mol. The van der Waals surface area contributed by atoms with E-state index in [0.29, 0.717) is 19.4 Å². The van der Waals surface area contributed by atoms with Crippen LogP contribution >= 0.6 is 0 Å². The van der Waals surface area contributed by atoms with E-state index in [1.165, 1.54) is 0 Å². The highest BCUT2D eigenvalue weighted by Crippen LogP contribution is 2.24. The second kappa shape index (κ2) is 3.81. The number of rotatable bonds is 1. The van der Waals surface area contributed by atoms with Crippen LogP contribution in [0.4, 0.5) is 13.2 Å². The van der Waals surface area contributed by atoms with Crippen LogP contribution in [0, 0.1) is 0 Å². The zero-order valence-electron chi connectivity index (χ0n) is 6.86. The Hall–Kier alpha value is -1.00. The molecule has 0 saturated carbocycles. The Bertz CT molecular complexity index is 230. The summed E-state index contributed by atoms with van der Waals surface area (Å²) in [5.41, 5.74) is -0.273. The molecule has 2 nitrogen and oxygen atoms in total. The molecule has 0 spiro atoms. The summed E-state index contributed by atoms with van der Waals surface area (Å²) in [6, 6.07) is 0. The highest BCUT2D eigenvalue weighted by Gasteiger charge is 2.40. The van der Waals surface area contributed by atoms with Crippen LogP contribution in [0.15, 0.2) is 11.8 Å². The first-order valence-corrected chi connectivity index (χ1v) is 3.94. The van der Waals surface area contributed by atoms with Gasteiger partial charge in [0.2, 0.25) is 0 Å². The predicted octanol–water partition coefficient (Wildman–Crippen LogP) is 2.20. The monoisotopic (exact) mass is 194 g/mol. The van der Waals surface area contributed by atoms with Gasteiger partial charge in [0.05, 0.1) is 12.9 Å². The lowest BCUT2D eigenvalue weighted by molar-refractivity contribution is -0.166. The first-order chi connectivity index (χ1) is 6.02. The van der Waals surface area contributed by atoms with Gasteiger partial charge in [0.15, 0.2) is 0 Å². The van der Waals surface area contributed by atoms with E-state index in [1.54, 1.807) is 0 Å². The molecule has 0 N–H and O–H groups in total. The molecule has 1 aliphatic rings. The van der Waals surface area contributed by atoms with Gasteiger partial charge >= 0.3 is 6.18 Å². The second-order valence-corrected chi connectivity index (χ2v) is 2.80. The number of carbonyl (C=O) groups excluding carboxylic acids is 1. The molecular weight excluding hydrogens is 185 g/mol. The van der Waals surface area contributed by atoms with Gasteiger partial charge in [-0.25, -0.2) is 0 Å². The molecule has 0 saturated heterocycles. The number of ketones is 1. The molecule has 0 fully saturated rings. The van der Waals surface area contributed by atoms with Gasteiger partial charge in [-0.15, -0.1) is 0 Å². The maximum absolute atomic E-state index is 11.9. The van der Waals surface area contributed by atoms with Crippen LogP contribution in [-0.2, 0) is 9.53 Å². The summed E-state index contributed by atoms with van der Waals surface area (Å²) in [6.45, 7) is 0.384. The van der Waals surface area contributed by atoms with Gasteiger partial charge in [-0.2, -0.15) is 13.2 Å². The fourth-order valence-electron chi connectivity index (χ4n) is 1.07. The fourth-order valence-corrected chi connectivity index (χ4v) is 1.07. The van der Waals surface area contributed by atoms with Gasteiger partial charge in [-0.3, -0.25) is 4.79 Å². The Balaban J connectivity index is 2.69. The van der Waals surface area contributed by atoms with E-state index < -0.39 is 12.0 Å². The topological polar surface area (TPSA) is 26.3 Å². The van der Waals surface area contributed by atoms with Gasteiger partial charge < -0.3 is 4.74 Å². The normalized spacial score (nSPS) is 18.5. The standard InChI is InChI=1S/C8H9F3O2/c9-8(10,11)7(12)6-3-1-2-4-13-5-6/h5H,1-4H2. The van der Waals surface area contributed by atoms with Crippen molar-refractivity contribution in [2.24, 2.45) is 0 Å². The van der Waals surface area contributed by atoms with Gasteiger partial charge in [0.25, 0.3) is 5.78 Å². The van der Waals surface area contributed by atoms with E-state index >= 15 is 0 Å². The van der Waals surface area contributed by atoms with Crippen LogP contribution in [0.25, 0.3) is 0 Å². The van der Waals surface area contributed by atoms with Crippen molar-refractivity contribution in [3.63, 3.8) is 0 Å². The third-order valence-electron chi connectivity index (χ3n) is 1.73. The van der Waals surface area contributed by atoms with Crippen molar-refractivity contribution in [1.82, 2.24) is 0 Å². The zero-order chi connectivity index (χ0) is 9.90. The van der Waals surface area contributed by atoms with Crippen molar-refractivity contribution in [1.29, 1.82) is 0 Å². The summed E-state index contributed by atoms with van der Waals surface area (Å²) in [5, 5.41) is 0. The SMILES string of the molecule is O=C(C1=COCCCC1)C(F)(F)F. The van der Waals surface area contributed by atoms with Crippen LogP contribution in [0.2, 0.25) is 0 Å². The summed E-state index contributed by atoms with van der Waals surface area (Å²) >= 11 is 0. The molecule has 0 radical (unpaired) electrons. The summed E-state index contributed by atoms with van der Waals surface area (Å²) < 4.78 is 40.5. The van der Waals surface area contributed by atoms with Crippen LogP contribution in [-0.4, -0.2) is 18.6 Å². The average Bonchev–Trinajstić information content (AvgIpc) is 2.28. The van der Waals surface area contributed by atoms with E-state index in [-0.39, 0.29) is 12.0 Å². The average molecular weight is 194 g/mol. The molecule has 0 aromatic heterocycles. The number of alkyl halides is 3. The third-order valence-corrected chi connectivity index (χ3v) is 1.73. The van der Waals surface area contributed by atoms with Gasteiger partial charge in [-0.1, -0.05) is 0 Å². The van der Waals surface area contributed by atoms with Crippen molar-refractivity contribution < 1.29 is 22.7 Å². The number of halogens is 3. The first kappa shape index (κ1) is 10.1. The number of allylic oxidation sites excluding steroid dienone is 1. The Kier molecular flexibility index (Phi) is 2.95. The van der Waals surface area contributed by atoms with Crippen molar-refractivity contribution in [2.45, 2.75) is 25.4 Å². The van der Waals surface area contributed by atoms with Crippen LogP contribution < -0.4 is 0 Å². The molecule has 1 aliphatic heterocycles.